The van der Waals surface area contributed by atoms with Crippen LogP contribution in [-0.4, -0.2) is 25.4 Å². The van der Waals surface area contributed by atoms with Gasteiger partial charge in [-0.25, -0.2) is 4.98 Å². The maximum absolute atomic E-state index is 12.6. The lowest BCUT2D eigenvalue weighted by molar-refractivity contribution is 0.0951. The summed E-state index contributed by atoms with van der Waals surface area (Å²) in [6.45, 7) is 0.890. The van der Waals surface area contributed by atoms with E-state index in [9.17, 15) is 4.79 Å². The van der Waals surface area contributed by atoms with E-state index in [0.717, 1.165) is 33.6 Å². The predicted octanol–water partition coefficient (Wildman–Crippen LogP) is 4.32. The van der Waals surface area contributed by atoms with Crippen LogP contribution >= 0.6 is 0 Å². The van der Waals surface area contributed by atoms with Crippen LogP contribution in [0.25, 0.3) is 16.7 Å². The van der Waals surface area contributed by atoms with E-state index in [1.807, 2.05) is 65.2 Å². The molecule has 7 heteroatoms. The molecule has 5 rings (SSSR count). The molecular formula is C26H21N5O2. The third-order valence-electron chi connectivity index (χ3n) is 5.23. The number of aromatic nitrogens is 4. The van der Waals surface area contributed by atoms with E-state index in [4.69, 9.17) is 4.74 Å². The number of amides is 1. The number of hydrogen-bond donors (Lipinski definition) is 1. The summed E-state index contributed by atoms with van der Waals surface area (Å²) < 4.78 is 7.82. The average molecular weight is 435 g/mol. The Balaban J connectivity index is 1.27. The van der Waals surface area contributed by atoms with Gasteiger partial charge in [-0.2, -0.15) is 0 Å². The minimum atomic E-state index is -0.148. The Hall–Kier alpha value is -4.52. The van der Waals surface area contributed by atoms with E-state index < -0.39 is 0 Å². The Morgan fingerprint density at radius 1 is 0.909 bits per heavy atom. The molecule has 0 aliphatic rings. The number of ether oxygens (including phenoxy) is 1. The quantitative estimate of drug-likeness (QED) is 0.412. The van der Waals surface area contributed by atoms with Gasteiger partial charge >= 0.3 is 0 Å². The van der Waals surface area contributed by atoms with Gasteiger partial charge in [0.25, 0.3) is 5.91 Å². The molecule has 3 heterocycles. The lowest BCUT2D eigenvalue weighted by Crippen LogP contribution is -2.22. The molecule has 0 saturated heterocycles. The van der Waals surface area contributed by atoms with Crippen molar-refractivity contribution in [2.75, 3.05) is 0 Å². The number of benzene rings is 2. The largest absolute Gasteiger partial charge is 0.489 e. The van der Waals surface area contributed by atoms with Crippen LogP contribution < -0.4 is 10.1 Å². The van der Waals surface area contributed by atoms with Gasteiger partial charge in [0.2, 0.25) is 0 Å². The molecule has 0 aliphatic heterocycles. The van der Waals surface area contributed by atoms with Gasteiger partial charge in [0.15, 0.2) is 0 Å². The van der Waals surface area contributed by atoms with Crippen molar-refractivity contribution in [1.29, 1.82) is 0 Å². The van der Waals surface area contributed by atoms with Crippen LogP contribution in [0.1, 0.15) is 21.5 Å². The molecule has 0 radical (unpaired) electrons. The van der Waals surface area contributed by atoms with Crippen molar-refractivity contribution >= 4 is 16.9 Å². The SMILES string of the molecule is O=C(NCc1cccnc1)c1ccc2c(c1)ncn2-c1ccc(OCc2cccnc2)cc1. The second-order valence-corrected chi connectivity index (χ2v) is 7.51. The smallest absolute Gasteiger partial charge is 0.251 e. The number of carbonyl (C=O) groups excluding carboxylic acids is 1. The highest BCUT2D eigenvalue weighted by molar-refractivity contribution is 5.97. The van der Waals surface area contributed by atoms with Crippen molar-refractivity contribution < 1.29 is 9.53 Å². The summed E-state index contributed by atoms with van der Waals surface area (Å²) in [5.41, 5.74) is 5.16. The summed E-state index contributed by atoms with van der Waals surface area (Å²) in [6, 6.07) is 21.0. The molecule has 3 aromatic heterocycles. The highest BCUT2D eigenvalue weighted by atomic mass is 16.5. The standard InChI is InChI=1S/C26H21N5O2/c32-26(29-16-19-3-1-11-27-14-19)21-5-10-25-24(13-21)30-18-31(25)22-6-8-23(9-7-22)33-17-20-4-2-12-28-15-20/h1-15,18H,16-17H2,(H,29,32). The molecule has 0 bridgehead atoms. The number of pyridine rings is 2. The Kier molecular flexibility index (Phi) is 5.75. The van der Waals surface area contributed by atoms with Crippen LogP contribution in [0.2, 0.25) is 0 Å². The van der Waals surface area contributed by atoms with Crippen LogP contribution in [0.5, 0.6) is 5.75 Å². The van der Waals surface area contributed by atoms with E-state index >= 15 is 0 Å². The lowest BCUT2D eigenvalue weighted by atomic mass is 10.1. The first-order chi connectivity index (χ1) is 16.3. The Morgan fingerprint density at radius 2 is 1.67 bits per heavy atom. The number of fused-ring (bicyclic) bond motifs is 1. The van der Waals surface area contributed by atoms with Crippen molar-refractivity contribution in [1.82, 2.24) is 24.8 Å². The minimum Gasteiger partial charge on any atom is -0.489 e. The fourth-order valence-corrected chi connectivity index (χ4v) is 3.50. The van der Waals surface area contributed by atoms with Crippen LogP contribution in [0, 0.1) is 0 Å². The average Bonchev–Trinajstić information content (AvgIpc) is 3.31. The summed E-state index contributed by atoms with van der Waals surface area (Å²) in [5.74, 6) is 0.630. The van der Waals surface area contributed by atoms with Crippen molar-refractivity contribution in [3.8, 4) is 11.4 Å². The molecule has 0 fully saturated rings. The zero-order chi connectivity index (χ0) is 22.5. The van der Waals surface area contributed by atoms with Gasteiger partial charge in [-0.15, -0.1) is 0 Å². The zero-order valence-electron chi connectivity index (χ0n) is 17.8. The molecule has 0 unspecified atom stereocenters. The molecule has 5 aromatic rings. The van der Waals surface area contributed by atoms with Crippen LogP contribution in [-0.2, 0) is 13.2 Å². The molecule has 0 aliphatic carbocycles. The van der Waals surface area contributed by atoms with Crippen LogP contribution in [0.15, 0.2) is 97.8 Å². The summed E-state index contributed by atoms with van der Waals surface area (Å²) in [7, 11) is 0. The molecule has 0 spiro atoms. The van der Waals surface area contributed by atoms with E-state index in [-0.39, 0.29) is 5.91 Å². The van der Waals surface area contributed by atoms with Gasteiger partial charge in [-0.05, 0) is 60.2 Å². The molecule has 33 heavy (non-hydrogen) atoms. The monoisotopic (exact) mass is 435 g/mol. The minimum absolute atomic E-state index is 0.148. The van der Waals surface area contributed by atoms with Gasteiger partial charge in [0.05, 0.1) is 11.0 Å². The fourth-order valence-electron chi connectivity index (χ4n) is 3.50. The molecule has 0 saturated carbocycles. The number of nitrogens with one attached hydrogen (secondary N) is 1. The Labute approximate surface area is 190 Å². The Bertz CT molecular complexity index is 1370. The summed E-state index contributed by atoms with van der Waals surface area (Å²) in [4.78, 5) is 25.2. The maximum Gasteiger partial charge on any atom is 0.251 e. The molecule has 2 aromatic carbocycles. The fraction of sp³-hybridized carbons (Fsp3) is 0.0769. The topological polar surface area (TPSA) is 81.9 Å². The number of nitrogens with zero attached hydrogens (tertiary/aromatic N) is 4. The second-order valence-electron chi connectivity index (χ2n) is 7.51. The highest BCUT2D eigenvalue weighted by Gasteiger charge is 2.10. The van der Waals surface area contributed by atoms with Gasteiger partial charge in [0, 0.05) is 48.1 Å². The molecule has 1 N–H and O–H groups in total. The zero-order valence-corrected chi connectivity index (χ0v) is 17.8. The number of imidazole rings is 1. The maximum atomic E-state index is 12.6. The lowest BCUT2D eigenvalue weighted by Gasteiger charge is -2.09. The van der Waals surface area contributed by atoms with E-state index in [0.29, 0.717) is 18.7 Å². The number of hydrogen-bond acceptors (Lipinski definition) is 5. The van der Waals surface area contributed by atoms with E-state index in [1.54, 1.807) is 37.2 Å². The first-order valence-electron chi connectivity index (χ1n) is 10.5. The third-order valence-corrected chi connectivity index (χ3v) is 5.23. The first kappa shape index (κ1) is 20.4. The first-order valence-corrected chi connectivity index (χ1v) is 10.5. The van der Waals surface area contributed by atoms with E-state index in [1.165, 1.54) is 0 Å². The predicted molar refractivity (Wildman–Crippen MR) is 125 cm³/mol. The van der Waals surface area contributed by atoms with Gasteiger partial charge in [0.1, 0.15) is 18.7 Å². The van der Waals surface area contributed by atoms with Gasteiger partial charge in [-0.3, -0.25) is 19.3 Å². The van der Waals surface area contributed by atoms with Crippen LogP contribution in [0.3, 0.4) is 0 Å². The Morgan fingerprint density at radius 3 is 2.39 bits per heavy atom. The van der Waals surface area contributed by atoms with Crippen molar-refractivity contribution in [2.24, 2.45) is 0 Å². The summed E-state index contributed by atoms with van der Waals surface area (Å²) >= 11 is 0. The molecule has 1 amide bonds. The molecule has 7 nitrogen and oxygen atoms in total. The molecule has 162 valence electrons. The number of rotatable bonds is 7. The second kappa shape index (κ2) is 9.32. The van der Waals surface area contributed by atoms with Gasteiger partial charge < -0.3 is 10.1 Å². The van der Waals surface area contributed by atoms with Crippen molar-refractivity contribution in [2.45, 2.75) is 13.2 Å². The molecular weight excluding hydrogens is 414 g/mol. The van der Waals surface area contributed by atoms with Crippen molar-refractivity contribution in [3.05, 3.63) is 115 Å². The van der Waals surface area contributed by atoms with E-state index in [2.05, 4.69) is 20.3 Å². The summed E-state index contributed by atoms with van der Waals surface area (Å²) in [6.07, 6.45) is 8.73. The number of carbonyl (C=O) groups is 1. The molecule has 0 atom stereocenters. The van der Waals surface area contributed by atoms with Crippen molar-refractivity contribution in [3.63, 3.8) is 0 Å². The van der Waals surface area contributed by atoms with Gasteiger partial charge in [-0.1, -0.05) is 12.1 Å². The van der Waals surface area contributed by atoms with Crippen LogP contribution in [0.4, 0.5) is 0 Å². The normalized spacial score (nSPS) is 10.8. The highest BCUT2D eigenvalue weighted by Crippen LogP contribution is 2.22. The third kappa shape index (κ3) is 4.72. The summed E-state index contributed by atoms with van der Waals surface area (Å²) in [5, 5.41) is 2.92.